The first-order valence-electron chi connectivity index (χ1n) is 8.00. The van der Waals surface area contributed by atoms with Crippen LogP contribution in [-0.2, 0) is 25.5 Å². The van der Waals surface area contributed by atoms with Gasteiger partial charge in [0.2, 0.25) is 0 Å². The van der Waals surface area contributed by atoms with Crippen molar-refractivity contribution in [1.29, 1.82) is 0 Å². The van der Waals surface area contributed by atoms with Crippen LogP contribution in [0, 0.1) is 5.92 Å². The monoisotopic (exact) mass is 335 g/mol. The minimum Gasteiger partial charge on any atom is -0.467 e. The topological polar surface area (TPSA) is 81.7 Å². The molecule has 24 heavy (non-hydrogen) atoms. The number of methoxy groups -OCH3 is 1. The number of aryl methyl sites for hydroxylation is 1. The summed E-state index contributed by atoms with van der Waals surface area (Å²) >= 11 is 0. The molecule has 1 aromatic rings. The number of amides is 1. The van der Waals surface area contributed by atoms with Crippen molar-refractivity contribution < 1.29 is 23.9 Å². The van der Waals surface area contributed by atoms with Crippen LogP contribution in [0.25, 0.3) is 0 Å². The second-order valence-corrected chi connectivity index (χ2v) is 5.90. The van der Waals surface area contributed by atoms with Crippen molar-refractivity contribution in [1.82, 2.24) is 5.32 Å². The van der Waals surface area contributed by atoms with Crippen LogP contribution in [0.2, 0.25) is 0 Å². The fourth-order valence-corrected chi connectivity index (χ4v) is 2.15. The van der Waals surface area contributed by atoms with Crippen LogP contribution in [-0.4, -0.2) is 37.6 Å². The SMILES string of the molecule is CCc1ccc(C(=O)OCC(=O)N[C@@H](CC(C)C)C(=O)OC)cc1. The van der Waals surface area contributed by atoms with Crippen LogP contribution in [0.15, 0.2) is 24.3 Å². The van der Waals surface area contributed by atoms with Gasteiger partial charge < -0.3 is 14.8 Å². The summed E-state index contributed by atoms with van der Waals surface area (Å²) < 4.78 is 9.65. The smallest absolute Gasteiger partial charge is 0.338 e. The van der Waals surface area contributed by atoms with Crippen molar-refractivity contribution in [2.24, 2.45) is 5.92 Å². The van der Waals surface area contributed by atoms with E-state index < -0.39 is 30.5 Å². The van der Waals surface area contributed by atoms with Gasteiger partial charge in [0.25, 0.3) is 5.91 Å². The number of ether oxygens (including phenoxy) is 2. The van der Waals surface area contributed by atoms with Crippen LogP contribution in [0.4, 0.5) is 0 Å². The van der Waals surface area contributed by atoms with Gasteiger partial charge in [0, 0.05) is 0 Å². The van der Waals surface area contributed by atoms with Gasteiger partial charge in [0.05, 0.1) is 12.7 Å². The van der Waals surface area contributed by atoms with E-state index in [0.717, 1.165) is 12.0 Å². The molecule has 1 rings (SSSR count). The molecule has 6 heteroatoms. The summed E-state index contributed by atoms with van der Waals surface area (Å²) in [7, 11) is 1.27. The normalized spacial score (nSPS) is 11.7. The second kappa shape index (κ2) is 9.70. The first-order valence-corrected chi connectivity index (χ1v) is 8.00. The highest BCUT2D eigenvalue weighted by Crippen LogP contribution is 2.08. The Balaban J connectivity index is 2.53. The van der Waals surface area contributed by atoms with Crippen LogP contribution in [0.3, 0.4) is 0 Å². The number of hydrogen-bond acceptors (Lipinski definition) is 5. The number of rotatable bonds is 8. The molecular weight excluding hydrogens is 310 g/mol. The lowest BCUT2D eigenvalue weighted by Gasteiger charge is -2.18. The zero-order valence-corrected chi connectivity index (χ0v) is 14.6. The third-order valence-electron chi connectivity index (χ3n) is 3.46. The molecule has 0 aliphatic carbocycles. The minimum absolute atomic E-state index is 0.203. The first kappa shape index (κ1) is 19.7. The third-order valence-corrected chi connectivity index (χ3v) is 3.46. The fourth-order valence-electron chi connectivity index (χ4n) is 2.15. The average Bonchev–Trinajstić information content (AvgIpc) is 2.58. The lowest BCUT2D eigenvalue weighted by Crippen LogP contribution is -2.44. The van der Waals surface area contributed by atoms with Gasteiger partial charge in [-0.2, -0.15) is 0 Å². The number of benzene rings is 1. The van der Waals surface area contributed by atoms with E-state index in [0.29, 0.717) is 12.0 Å². The maximum absolute atomic E-state index is 11.9. The van der Waals surface area contributed by atoms with Crippen molar-refractivity contribution in [3.8, 4) is 0 Å². The largest absolute Gasteiger partial charge is 0.467 e. The van der Waals surface area contributed by atoms with E-state index in [4.69, 9.17) is 4.74 Å². The Hall–Kier alpha value is -2.37. The van der Waals surface area contributed by atoms with E-state index in [-0.39, 0.29) is 5.92 Å². The van der Waals surface area contributed by atoms with Gasteiger partial charge in [0.1, 0.15) is 6.04 Å². The average molecular weight is 335 g/mol. The molecule has 0 unspecified atom stereocenters. The molecule has 0 aliphatic rings. The summed E-state index contributed by atoms with van der Waals surface area (Å²) in [6.07, 6.45) is 1.33. The molecule has 1 N–H and O–H groups in total. The van der Waals surface area contributed by atoms with Crippen LogP contribution < -0.4 is 5.32 Å². The predicted molar refractivity (Wildman–Crippen MR) is 89.5 cm³/mol. The zero-order chi connectivity index (χ0) is 18.1. The van der Waals surface area contributed by atoms with E-state index in [1.54, 1.807) is 12.1 Å². The predicted octanol–water partition coefficient (Wildman–Crippen LogP) is 2.11. The minimum atomic E-state index is -0.745. The van der Waals surface area contributed by atoms with Crippen molar-refractivity contribution in [3.05, 3.63) is 35.4 Å². The maximum atomic E-state index is 11.9. The molecule has 1 atom stereocenters. The molecule has 0 spiro atoms. The van der Waals surface area contributed by atoms with E-state index in [9.17, 15) is 14.4 Å². The summed E-state index contributed by atoms with van der Waals surface area (Å²) in [5.74, 6) is -1.43. The first-order chi connectivity index (χ1) is 11.4. The van der Waals surface area contributed by atoms with Gasteiger partial charge in [-0.3, -0.25) is 4.79 Å². The van der Waals surface area contributed by atoms with Crippen LogP contribution >= 0.6 is 0 Å². The molecule has 0 radical (unpaired) electrons. The molecule has 0 bridgehead atoms. The molecule has 0 heterocycles. The molecule has 0 saturated carbocycles. The van der Waals surface area contributed by atoms with Crippen LogP contribution in [0.5, 0.6) is 0 Å². The molecule has 0 aromatic heterocycles. The summed E-state index contributed by atoms with van der Waals surface area (Å²) in [6, 6.07) is 6.26. The van der Waals surface area contributed by atoms with Gasteiger partial charge in [-0.1, -0.05) is 32.9 Å². The quantitative estimate of drug-likeness (QED) is 0.736. The number of carbonyl (C=O) groups excluding carboxylic acids is 3. The fraction of sp³-hybridized carbons (Fsp3) is 0.500. The Morgan fingerprint density at radius 1 is 1.12 bits per heavy atom. The number of carbonyl (C=O) groups is 3. The highest BCUT2D eigenvalue weighted by molar-refractivity contribution is 5.92. The van der Waals surface area contributed by atoms with Crippen molar-refractivity contribution >= 4 is 17.8 Å². The zero-order valence-electron chi connectivity index (χ0n) is 14.6. The Morgan fingerprint density at radius 2 is 1.75 bits per heavy atom. The Morgan fingerprint density at radius 3 is 2.25 bits per heavy atom. The Bertz CT molecular complexity index is 565. The third kappa shape index (κ3) is 6.40. The standard InChI is InChI=1S/C18H25NO5/c1-5-13-6-8-14(9-7-13)17(21)24-11-16(20)19-15(10-12(2)3)18(22)23-4/h6-9,12,15H,5,10-11H2,1-4H3,(H,19,20)/t15-/m0/s1. The van der Waals surface area contributed by atoms with E-state index in [2.05, 4.69) is 10.1 Å². The van der Waals surface area contributed by atoms with Crippen LogP contribution in [0.1, 0.15) is 43.1 Å². The van der Waals surface area contributed by atoms with Gasteiger partial charge in [-0.15, -0.1) is 0 Å². The highest BCUT2D eigenvalue weighted by Gasteiger charge is 2.23. The van der Waals surface area contributed by atoms with E-state index in [1.807, 2.05) is 32.9 Å². The highest BCUT2D eigenvalue weighted by atomic mass is 16.5. The van der Waals surface area contributed by atoms with Gasteiger partial charge in [-0.25, -0.2) is 9.59 Å². The molecular formula is C18H25NO5. The lowest BCUT2D eigenvalue weighted by atomic mass is 10.0. The molecule has 6 nitrogen and oxygen atoms in total. The Kier molecular flexibility index (Phi) is 7.95. The lowest BCUT2D eigenvalue weighted by molar-refractivity contribution is -0.145. The summed E-state index contributed by atoms with van der Waals surface area (Å²) in [5, 5.41) is 2.53. The van der Waals surface area contributed by atoms with E-state index >= 15 is 0 Å². The molecule has 0 fully saturated rings. The van der Waals surface area contributed by atoms with Crippen molar-refractivity contribution in [3.63, 3.8) is 0 Å². The second-order valence-electron chi connectivity index (χ2n) is 5.90. The van der Waals surface area contributed by atoms with Gasteiger partial charge in [-0.05, 0) is 36.5 Å². The maximum Gasteiger partial charge on any atom is 0.338 e. The van der Waals surface area contributed by atoms with Gasteiger partial charge in [0.15, 0.2) is 6.61 Å². The van der Waals surface area contributed by atoms with Crippen molar-refractivity contribution in [2.45, 2.75) is 39.7 Å². The summed E-state index contributed by atoms with van der Waals surface area (Å²) in [4.78, 5) is 35.5. The molecule has 132 valence electrons. The number of hydrogen-bond donors (Lipinski definition) is 1. The molecule has 1 amide bonds. The number of esters is 2. The van der Waals surface area contributed by atoms with E-state index in [1.165, 1.54) is 7.11 Å². The Labute approximate surface area is 142 Å². The summed E-state index contributed by atoms with van der Waals surface area (Å²) in [5.41, 5.74) is 1.49. The molecule has 1 aromatic carbocycles. The number of nitrogens with one attached hydrogen (secondary N) is 1. The van der Waals surface area contributed by atoms with Crippen molar-refractivity contribution in [2.75, 3.05) is 13.7 Å². The molecule has 0 aliphatic heterocycles. The summed E-state index contributed by atoms with van der Waals surface area (Å²) in [6.45, 7) is 5.44. The molecule has 0 saturated heterocycles. The van der Waals surface area contributed by atoms with Gasteiger partial charge >= 0.3 is 11.9 Å².